The minimum absolute atomic E-state index is 0.0777. The van der Waals surface area contributed by atoms with Crippen LogP contribution in [0.2, 0.25) is 0 Å². The average molecular weight is 428 g/mol. The van der Waals surface area contributed by atoms with Gasteiger partial charge in [0.1, 0.15) is 5.75 Å². The molecule has 3 rings (SSSR count). The van der Waals surface area contributed by atoms with Gasteiger partial charge in [0, 0.05) is 31.9 Å². The topological polar surface area (TPSA) is 66.9 Å². The molecule has 1 fully saturated rings. The van der Waals surface area contributed by atoms with Crippen LogP contribution in [0.5, 0.6) is 5.75 Å². The lowest BCUT2D eigenvalue weighted by molar-refractivity contribution is -0.185. The van der Waals surface area contributed by atoms with Crippen LogP contribution in [0, 0.1) is 0 Å². The predicted molar refractivity (Wildman–Crippen MR) is 99.7 cm³/mol. The second-order valence-electron chi connectivity index (χ2n) is 6.45. The largest absolute Gasteiger partial charge is 0.497 e. The number of carbonyl (C=O) groups is 1. The Morgan fingerprint density at radius 3 is 2.14 bits per heavy atom. The van der Waals surface area contributed by atoms with Crippen molar-refractivity contribution in [1.29, 1.82) is 0 Å². The van der Waals surface area contributed by atoms with Gasteiger partial charge in [0.05, 0.1) is 16.9 Å². The Balaban J connectivity index is 1.77. The summed E-state index contributed by atoms with van der Waals surface area (Å²) in [6, 6.07) is 12.2. The molecule has 1 amide bonds. The minimum atomic E-state index is -4.89. The van der Waals surface area contributed by atoms with Crippen molar-refractivity contribution in [1.82, 2.24) is 4.90 Å². The van der Waals surface area contributed by atoms with E-state index in [1.807, 2.05) is 0 Å². The maximum absolute atomic E-state index is 12.9. The quantitative estimate of drug-likeness (QED) is 0.749. The van der Waals surface area contributed by atoms with Crippen LogP contribution in [0.15, 0.2) is 58.3 Å². The minimum Gasteiger partial charge on any atom is -0.497 e. The molecule has 1 aliphatic heterocycles. The van der Waals surface area contributed by atoms with Gasteiger partial charge in [-0.1, -0.05) is 6.07 Å². The molecule has 1 aliphatic rings. The molecule has 10 heteroatoms. The van der Waals surface area contributed by atoms with Gasteiger partial charge in [-0.25, -0.2) is 8.42 Å². The molecule has 0 N–H and O–H groups in total. The van der Waals surface area contributed by atoms with Gasteiger partial charge in [-0.15, -0.1) is 0 Å². The third kappa shape index (κ3) is 4.47. The highest BCUT2D eigenvalue weighted by atomic mass is 32.2. The number of hydrogen-bond acceptors (Lipinski definition) is 5. The fourth-order valence-corrected chi connectivity index (χ4v) is 4.39. The standard InChI is InChI=1S/C19H19F3N2O4S/c1-28-15-5-7-16(8-6-15)29(26,27)17-4-2-3-14(13-17)23-9-11-24(12-10-23)18(25)19(20,21)22/h2-8,13H,9-12H2,1H3. The van der Waals surface area contributed by atoms with E-state index >= 15 is 0 Å². The molecule has 0 spiro atoms. The number of ether oxygens (including phenoxy) is 1. The first kappa shape index (κ1) is 21.0. The average Bonchev–Trinajstić information content (AvgIpc) is 2.73. The molecule has 0 aliphatic carbocycles. The molecule has 0 saturated carbocycles. The van der Waals surface area contributed by atoms with Crippen LogP contribution >= 0.6 is 0 Å². The Hall–Kier alpha value is -2.75. The Morgan fingerprint density at radius 1 is 0.966 bits per heavy atom. The highest BCUT2D eigenvalue weighted by molar-refractivity contribution is 7.91. The molecule has 0 atom stereocenters. The zero-order chi connectivity index (χ0) is 21.2. The van der Waals surface area contributed by atoms with Crippen molar-refractivity contribution in [3.05, 3.63) is 48.5 Å². The molecule has 29 heavy (non-hydrogen) atoms. The first-order chi connectivity index (χ1) is 13.6. The fourth-order valence-electron chi connectivity index (χ4n) is 3.09. The first-order valence-electron chi connectivity index (χ1n) is 8.73. The van der Waals surface area contributed by atoms with E-state index in [4.69, 9.17) is 4.74 Å². The summed E-state index contributed by atoms with van der Waals surface area (Å²) in [7, 11) is -2.28. The summed E-state index contributed by atoms with van der Waals surface area (Å²) < 4.78 is 68.5. The van der Waals surface area contributed by atoms with E-state index in [2.05, 4.69) is 0 Å². The van der Waals surface area contributed by atoms with E-state index in [1.54, 1.807) is 29.2 Å². The second-order valence-corrected chi connectivity index (χ2v) is 8.40. The molecule has 0 bridgehead atoms. The lowest BCUT2D eigenvalue weighted by Gasteiger charge is -2.36. The van der Waals surface area contributed by atoms with E-state index < -0.39 is 21.9 Å². The van der Waals surface area contributed by atoms with Gasteiger partial charge >= 0.3 is 12.1 Å². The second kappa shape index (κ2) is 7.94. The van der Waals surface area contributed by atoms with E-state index in [0.29, 0.717) is 11.4 Å². The summed E-state index contributed by atoms with van der Waals surface area (Å²) in [5.41, 5.74) is 0.568. The Labute approximate surface area is 166 Å². The number of piperazine rings is 1. The molecule has 156 valence electrons. The zero-order valence-corrected chi connectivity index (χ0v) is 16.3. The van der Waals surface area contributed by atoms with Gasteiger partial charge in [0.15, 0.2) is 0 Å². The highest BCUT2D eigenvalue weighted by Gasteiger charge is 2.43. The number of anilines is 1. The molecule has 1 heterocycles. The highest BCUT2D eigenvalue weighted by Crippen LogP contribution is 2.27. The third-order valence-corrected chi connectivity index (χ3v) is 6.44. The van der Waals surface area contributed by atoms with Gasteiger partial charge in [0.25, 0.3) is 0 Å². The number of amides is 1. The summed E-state index contributed by atoms with van der Waals surface area (Å²) in [5, 5.41) is 0. The van der Waals surface area contributed by atoms with Gasteiger partial charge in [-0.2, -0.15) is 13.2 Å². The van der Waals surface area contributed by atoms with Crippen molar-refractivity contribution in [3.63, 3.8) is 0 Å². The maximum atomic E-state index is 12.9. The van der Waals surface area contributed by atoms with Gasteiger partial charge in [-0.3, -0.25) is 4.79 Å². The van der Waals surface area contributed by atoms with Gasteiger partial charge in [-0.05, 0) is 42.5 Å². The third-order valence-electron chi connectivity index (χ3n) is 4.67. The number of sulfone groups is 1. The number of methoxy groups -OCH3 is 1. The molecular formula is C19H19F3N2O4S. The number of carbonyl (C=O) groups excluding carboxylic acids is 1. The maximum Gasteiger partial charge on any atom is 0.471 e. The zero-order valence-electron chi connectivity index (χ0n) is 15.5. The summed E-state index contributed by atoms with van der Waals surface area (Å²) in [5.74, 6) is -1.32. The van der Waals surface area contributed by atoms with E-state index in [-0.39, 0.29) is 36.0 Å². The van der Waals surface area contributed by atoms with Crippen molar-refractivity contribution in [2.75, 3.05) is 38.2 Å². The van der Waals surface area contributed by atoms with Crippen molar-refractivity contribution >= 4 is 21.4 Å². The number of nitrogens with zero attached hydrogens (tertiary/aromatic N) is 2. The summed E-state index contributed by atoms with van der Waals surface area (Å²) in [6.45, 7) is 0.170. The van der Waals surface area contributed by atoms with Crippen molar-refractivity contribution in [2.45, 2.75) is 16.0 Å². The van der Waals surface area contributed by atoms with E-state index in [0.717, 1.165) is 4.90 Å². The molecule has 0 unspecified atom stereocenters. The predicted octanol–water partition coefficient (Wildman–Crippen LogP) is 2.74. The molecule has 0 aromatic heterocycles. The smallest absolute Gasteiger partial charge is 0.471 e. The Kier molecular flexibility index (Phi) is 5.74. The lowest BCUT2D eigenvalue weighted by atomic mass is 10.2. The molecule has 2 aromatic carbocycles. The fraction of sp³-hybridized carbons (Fsp3) is 0.316. The SMILES string of the molecule is COc1ccc(S(=O)(=O)c2cccc(N3CCN(C(=O)C(F)(F)F)CC3)c2)cc1. The Bertz CT molecular complexity index is 983. The van der Waals surface area contributed by atoms with Crippen LogP contribution in [-0.4, -0.2) is 58.7 Å². The number of alkyl halides is 3. The van der Waals surface area contributed by atoms with Crippen molar-refractivity contribution < 1.29 is 31.1 Å². The van der Waals surface area contributed by atoms with Crippen molar-refractivity contribution in [2.24, 2.45) is 0 Å². The molecule has 1 saturated heterocycles. The summed E-state index contributed by atoms with van der Waals surface area (Å²) in [4.78, 5) is 14.0. The molecule has 2 aromatic rings. The number of rotatable bonds is 4. The summed E-state index contributed by atoms with van der Waals surface area (Å²) in [6.07, 6.45) is -4.89. The van der Waals surface area contributed by atoms with Crippen LogP contribution in [0.25, 0.3) is 0 Å². The van der Waals surface area contributed by atoms with E-state index in [9.17, 15) is 26.4 Å². The monoisotopic (exact) mass is 428 g/mol. The van der Waals surface area contributed by atoms with E-state index in [1.165, 1.54) is 31.4 Å². The number of hydrogen-bond donors (Lipinski definition) is 0. The van der Waals surface area contributed by atoms with Gasteiger partial charge in [0.2, 0.25) is 9.84 Å². The number of benzene rings is 2. The van der Waals surface area contributed by atoms with Crippen LogP contribution in [0.4, 0.5) is 18.9 Å². The molecular weight excluding hydrogens is 409 g/mol. The normalized spacial score (nSPS) is 15.3. The molecule has 0 radical (unpaired) electrons. The lowest BCUT2D eigenvalue weighted by Crippen LogP contribution is -2.52. The van der Waals surface area contributed by atoms with Crippen LogP contribution in [-0.2, 0) is 14.6 Å². The van der Waals surface area contributed by atoms with Crippen molar-refractivity contribution in [3.8, 4) is 5.75 Å². The number of halogens is 3. The van der Waals surface area contributed by atoms with Crippen LogP contribution in [0.1, 0.15) is 0 Å². The molecule has 6 nitrogen and oxygen atoms in total. The van der Waals surface area contributed by atoms with Crippen LogP contribution < -0.4 is 9.64 Å². The van der Waals surface area contributed by atoms with Crippen LogP contribution in [0.3, 0.4) is 0 Å². The first-order valence-corrected chi connectivity index (χ1v) is 10.2. The Morgan fingerprint density at radius 2 is 1.59 bits per heavy atom. The summed E-state index contributed by atoms with van der Waals surface area (Å²) >= 11 is 0. The van der Waals surface area contributed by atoms with Gasteiger partial charge < -0.3 is 14.5 Å².